The second-order valence-electron chi connectivity index (χ2n) is 2.43. The molecular formula is C8H10O6. The summed E-state index contributed by atoms with van der Waals surface area (Å²) >= 11 is 0. The van der Waals surface area contributed by atoms with Crippen molar-refractivity contribution in [2.24, 2.45) is 0 Å². The van der Waals surface area contributed by atoms with Crippen LogP contribution in [0.4, 0.5) is 0 Å². The van der Waals surface area contributed by atoms with Crippen LogP contribution in [-0.2, 0) is 28.7 Å². The van der Waals surface area contributed by atoms with Crippen molar-refractivity contribution in [2.45, 2.75) is 26.7 Å². The molecule has 1 aliphatic rings. The maximum absolute atomic E-state index is 10.0. The van der Waals surface area contributed by atoms with Crippen LogP contribution in [0.15, 0.2) is 0 Å². The van der Waals surface area contributed by atoms with Crippen LogP contribution in [0.25, 0.3) is 0 Å². The Hall–Kier alpha value is -1.72. The summed E-state index contributed by atoms with van der Waals surface area (Å²) in [6, 6.07) is 0. The second kappa shape index (κ2) is 5.85. The lowest BCUT2D eigenvalue weighted by Crippen LogP contribution is -2.03. The van der Waals surface area contributed by atoms with E-state index in [4.69, 9.17) is 0 Å². The summed E-state index contributed by atoms with van der Waals surface area (Å²) in [5.74, 6) is -1.92. The number of carbonyl (C=O) groups is 4. The van der Waals surface area contributed by atoms with Gasteiger partial charge in [-0.05, 0) is 0 Å². The minimum atomic E-state index is -0.562. The fourth-order valence-corrected chi connectivity index (χ4v) is 0.636. The summed E-state index contributed by atoms with van der Waals surface area (Å²) in [5.41, 5.74) is 0. The standard InChI is InChI=1S/C4H4O3.C4H6O3/c5-3-1-2-4(6)7-3;1-3(5)7-4(2)6/h1-2H2;1-2H3. The fourth-order valence-electron chi connectivity index (χ4n) is 0.636. The molecule has 0 bridgehead atoms. The van der Waals surface area contributed by atoms with E-state index in [9.17, 15) is 19.2 Å². The van der Waals surface area contributed by atoms with Crippen molar-refractivity contribution >= 4 is 23.9 Å². The van der Waals surface area contributed by atoms with Crippen LogP contribution in [-0.4, -0.2) is 23.9 Å². The molecule has 6 heteroatoms. The predicted octanol–water partition coefficient (Wildman–Crippen LogP) is -0.0540. The van der Waals surface area contributed by atoms with Crippen molar-refractivity contribution in [3.05, 3.63) is 0 Å². The molecule has 0 N–H and O–H groups in total. The third kappa shape index (κ3) is 6.96. The van der Waals surface area contributed by atoms with Gasteiger partial charge in [0.1, 0.15) is 0 Å². The van der Waals surface area contributed by atoms with Gasteiger partial charge in [0.05, 0.1) is 12.8 Å². The quantitative estimate of drug-likeness (QED) is 0.404. The Morgan fingerprint density at radius 2 is 1.43 bits per heavy atom. The monoisotopic (exact) mass is 202 g/mol. The maximum Gasteiger partial charge on any atom is 0.314 e. The normalized spacial score (nSPS) is 13.9. The van der Waals surface area contributed by atoms with E-state index in [1.807, 2.05) is 0 Å². The summed E-state index contributed by atoms with van der Waals surface area (Å²) in [5, 5.41) is 0. The molecule has 0 amide bonds. The van der Waals surface area contributed by atoms with Gasteiger partial charge in [-0.2, -0.15) is 0 Å². The van der Waals surface area contributed by atoms with Gasteiger partial charge in [0, 0.05) is 13.8 Å². The minimum absolute atomic E-state index is 0.263. The summed E-state index contributed by atoms with van der Waals surface area (Å²) in [6.45, 7) is 2.36. The number of esters is 4. The smallest absolute Gasteiger partial charge is 0.314 e. The summed E-state index contributed by atoms with van der Waals surface area (Å²) in [7, 11) is 0. The lowest BCUT2D eigenvalue weighted by molar-refractivity contribution is -0.157. The van der Waals surface area contributed by atoms with Crippen LogP contribution < -0.4 is 0 Å². The van der Waals surface area contributed by atoms with Crippen molar-refractivity contribution in [1.82, 2.24) is 0 Å². The van der Waals surface area contributed by atoms with Gasteiger partial charge in [-0.1, -0.05) is 0 Å². The minimum Gasteiger partial charge on any atom is -0.394 e. The highest BCUT2D eigenvalue weighted by atomic mass is 16.6. The number of rotatable bonds is 0. The highest BCUT2D eigenvalue weighted by Crippen LogP contribution is 2.03. The van der Waals surface area contributed by atoms with E-state index in [2.05, 4.69) is 9.47 Å². The van der Waals surface area contributed by atoms with Crippen LogP contribution in [0.2, 0.25) is 0 Å². The molecule has 1 heterocycles. The maximum atomic E-state index is 10.0. The Morgan fingerprint density at radius 3 is 1.50 bits per heavy atom. The first-order valence-electron chi connectivity index (χ1n) is 3.84. The van der Waals surface area contributed by atoms with Gasteiger partial charge in [0.15, 0.2) is 0 Å². The topological polar surface area (TPSA) is 86.7 Å². The highest BCUT2D eigenvalue weighted by molar-refractivity contribution is 5.92. The van der Waals surface area contributed by atoms with E-state index in [1.165, 1.54) is 13.8 Å². The lowest BCUT2D eigenvalue weighted by atomic mass is 10.4. The van der Waals surface area contributed by atoms with Gasteiger partial charge in [-0.3, -0.25) is 19.2 Å². The predicted molar refractivity (Wildman–Crippen MR) is 42.8 cm³/mol. The Labute approximate surface area is 80.2 Å². The van der Waals surface area contributed by atoms with E-state index < -0.39 is 23.9 Å². The van der Waals surface area contributed by atoms with Gasteiger partial charge in [0.25, 0.3) is 0 Å². The van der Waals surface area contributed by atoms with Gasteiger partial charge in [0.2, 0.25) is 0 Å². The van der Waals surface area contributed by atoms with Crippen molar-refractivity contribution < 1.29 is 28.7 Å². The summed E-state index contributed by atoms with van der Waals surface area (Å²) in [4.78, 5) is 39.6. The Balaban J connectivity index is 0.000000241. The average molecular weight is 202 g/mol. The van der Waals surface area contributed by atoms with E-state index in [-0.39, 0.29) is 12.8 Å². The van der Waals surface area contributed by atoms with Gasteiger partial charge >= 0.3 is 23.9 Å². The van der Waals surface area contributed by atoms with Crippen LogP contribution >= 0.6 is 0 Å². The fraction of sp³-hybridized carbons (Fsp3) is 0.500. The first-order chi connectivity index (χ1) is 6.41. The van der Waals surface area contributed by atoms with Crippen molar-refractivity contribution in [1.29, 1.82) is 0 Å². The number of hydrogen-bond acceptors (Lipinski definition) is 6. The SMILES string of the molecule is CC(=O)OC(C)=O.O=C1CCC(=O)O1. The Bertz CT molecular complexity index is 241. The van der Waals surface area contributed by atoms with Crippen molar-refractivity contribution in [3.63, 3.8) is 0 Å². The summed E-state index contributed by atoms with van der Waals surface area (Å²) in [6.07, 6.45) is 0.525. The second-order valence-corrected chi connectivity index (χ2v) is 2.43. The molecule has 1 rings (SSSR count). The van der Waals surface area contributed by atoms with Gasteiger partial charge in [-0.25, -0.2) is 0 Å². The molecule has 0 saturated carbocycles. The molecule has 78 valence electrons. The molecule has 1 fully saturated rings. The zero-order valence-corrected chi connectivity index (χ0v) is 7.86. The molecule has 0 aromatic carbocycles. The van der Waals surface area contributed by atoms with E-state index >= 15 is 0 Å². The summed E-state index contributed by atoms with van der Waals surface area (Å²) < 4.78 is 8.06. The number of carbonyl (C=O) groups excluding carboxylic acids is 4. The van der Waals surface area contributed by atoms with Gasteiger partial charge < -0.3 is 9.47 Å². The zero-order chi connectivity index (χ0) is 11.1. The largest absolute Gasteiger partial charge is 0.394 e. The Morgan fingerprint density at radius 1 is 1.07 bits per heavy atom. The molecule has 0 aromatic rings. The Kier molecular flexibility index (Phi) is 5.13. The third-order valence-electron chi connectivity index (χ3n) is 1.05. The first kappa shape index (κ1) is 12.3. The highest BCUT2D eigenvalue weighted by Gasteiger charge is 2.19. The number of hydrogen-bond donors (Lipinski definition) is 0. The third-order valence-corrected chi connectivity index (χ3v) is 1.05. The lowest BCUT2D eigenvalue weighted by Gasteiger charge is -1.87. The van der Waals surface area contributed by atoms with E-state index in [0.29, 0.717) is 0 Å². The number of ether oxygens (including phenoxy) is 2. The van der Waals surface area contributed by atoms with Crippen molar-refractivity contribution in [3.8, 4) is 0 Å². The first-order valence-corrected chi connectivity index (χ1v) is 3.84. The molecule has 0 radical (unpaired) electrons. The molecule has 0 unspecified atom stereocenters. The van der Waals surface area contributed by atoms with Crippen LogP contribution in [0.5, 0.6) is 0 Å². The molecule has 0 aliphatic carbocycles. The molecule has 0 atom stereocenters. The molecule has 14 heavy (non-hydrogen) atoms. The average Bonchev–Trinajstić information content (AvgIpc) is 2.32. The zero-order valence-electron chi connectivity index (χ0n) is 7.86. The van der Waals surface area contributed by atoms with Crippen molar-refractivity contribution in [2.75, 3.05) is 0 Å². The molecule has 0 spiro atoms. The molecule has 1 saturated heterocycles. The van der Waals surface area contributed by atoms with Gasteiger partial charge in [-0.15, -0.1) is 0 Å². The molecule has 0 aromatic heterocycles. The van der Waals surface area contributed by atoms with E-state index in [0.717, 1.165) is 0 Å². The van der Waals surface area contributed by atoms with Crippen LogP contribution in [0, 0.1) is 0 Å². The van der Waals surface area contributed by atoms with Crippen LogP contribution in [0.1, 0.15) is 26.7 Å². The van der Waals surface area contributed by atoms with E-state index in [1.54, 1.807) is 0 Å². The molecule has 6 nitrogen and oxygen atoms in total. The number of cyclic esters (lactones) is 2. The molecule has 1 aliphatic heterocycles. The molecular weight excluding hydrogens is 192 g/mol. The van der Waals surface area contributed by atoms with Crippen LogP contribution in [0.3, 0.4) is 0 Å².